The Morgan fingerprint density at radius 2 is 2.33 bits per heavy atom. The molecule has 0 bridgehead atoms. The normalized spacial score (nSPS) is 12.6. The van der Waals surface area contributed by atoms with Crippen LogP contribution in [0.1, 0.15) is 26.2 Å². The number of carbonyl (C=O) groups is 1. The number of aliphatic hydroxyl groups excluding tert-OH is 1. The van der Waals surface area contributed by atoms with Crippen LogP contribution in [-0.4, -0.2) is 30.5 Å². The molecule has 12 heavy (non-hydrogen) atoms. The van der Waals surface area contributed by atoms with E-state index in [2.05, 4.69) is 4.74 Å². The molecule has 1 atom stereocenters. The molecule has 0 unspecified atom stereocenters. The largest absolute Gasteiger partial charge is 0.466 e. The first-order valence-electron chi connectivity index (χ1n) is 4.11. The van der Waals surface area contributed by atoms with Crippen molar-refractivity contribution in [2.75, 3.05) is 13.2 Å². The molecule has 0 spiro atoms. The Hall–Kier alpha value is -0.640. The van der Waals surface area contributed by atoms with Gasteiger partial charge in [0.15, 0.2) is 0 Å². The van der Waals surface area contributed by atoms with Crippen LogP contribution in [0.4, 0.5) is 4.39 Å². The van der Waals surface area contributed by atoms with Gasteiger partial charge in [0, 0.05) is 6.42 Å². The summed E-state index contributed by atoms with van der Waals surface area (Å²) in [5, 5.41) is 8.31. The highest BCUT2D eigenvalue weighted by Gasteiger charge is 2.06. The molecule has 0 radical (unpaired) electrons. The van der Waals surface area contributed by atoms with Crippen LogP contribution in [0.25, 0.3) is 0 Å². The number of hydrogen-bond acceptors (Lipinski definition) is 3. The van der Waals surface area contributed by atoms with Crippen molar-refractivity contribution >= 4 is 5.97 Å². The summed E-state index contributed by atoms with van der Waals surface area (Å²) in [6.45, 7) is 1.62. The maximum atomic E-state index is 12.4. The molecule has 0 aromatic heterocycles. The second kappa shape index (κ2) is 7.03. The number of carbonyl (C=O) groups excluding carboxylic acids is 1. The molecule has 0 saturated carbocycles. The quantitative estimate of drug-likeness (QED) is 0.618. The van der Waals surface area contributed by atoms with Crippen LogP contribution in [-0.2, 0) is 9.53 Å². The van der Waals surface area contributed by atoms with Gasteiger partial charge in [-0.2, -0.15) is 0 Å². The lowest BCUT2D eigenvalue weighted by atomic mass is 10.2. The Kier molecular flexibility index (Phi) is 6.66. The van der Waals surface area contributed by atoms with Crippen molar-refractivity contribution in [1.29, 1.82) is 0 Å². The van der Waals surface area contributed by atoms with E-state index in [-0.39, 0.29) is 18.8 Å². The Labute approximate surface area is 71.5 Å². The third-order valence-electron chi connectivity index (χ3n) is 1.40. The van der Waals surface area contributed by atoms with Gasteiger partial charge >= 0.3 is 5.97 Å². The fourth-order valence-corrected chi connectivity index (χ4v) is 0.792. The van der Waals surface area contributed by atoms with Gasteiger partial charge in [-0.15, -0.1) is 0 Å². The van der Waals surface area contributed by atoms with Crippen molar-refractivity contribution in [1.82, 2.24) is 0 Å². The highest BCUT2D eigenvalue weighted by molar-refractivity contribution is 5.69. The van der Waals surface area contributed by atoms with Gasteiger partial charge in [-0.3, -0.25) is 4.79 Å². The van der Waals surface area contributed by atoms with Crippen LogP contribution in [0.15, 0.2) is 0 Å². The molecule has 0 fully saturated rings. The van der Waals surface area contributed by atoms with Gasteiger partial charge in [0.25, 0.3) is 0 Å². The third kappa shape index (κ3) is 6.09. The van der Waals surface area contributed by atoms with Gasteiger partial charge in [-0.05, 0) is 19.8 Å². The summed E-state index contributed by atoms with van der Waals surface area (Å²) in [6, 6.07) is 0. The molecule has 0 heterocycles. The predicted octanol–water partition coefficient (Wildman–Crippen LogP) is 1.05. The van der Waals surface area contributed by atoms with E-state index in [0.29, 0.717) is 13.0 Å². The molecule has 3 nitrogen and oxygen atoms in total. The van der Waals surface area contributed by atoms with Gasteiger partial charge in [0.1, 0.15) is 6.17 Å². The highest BCUT2D eigenvalue weighted by atomic mass is 19.1. The van der Waals surface area contributed by atoms with Crippen LogP contribution in [0.5, 0.6) is 0 Å². The van der Waals surface area contributed by atoms with Crippen LogP contribution in [0, 0.1) is 0 Å². The smallest absolute Gasteiger partial charge is 0.305 e. The van der Waals surface area contributed by atoms with E-state index in [1.54, 1.807) is 6.92 Å². The van der Waals surface area contributed by atoms with E-state index in [1.165, 1.54) is 0 Å². The number of rotatable bonds is 6. The minimum atomic E-state index is -1.21. The number of halogens is 1. The maximum absolute atomic E-state index is 12.4. The maximum Gasteiger partial charge on any atom is 0.305 e. The second-order valence-corrected chi connectivity index (χ2v) is 2.48. The molecule has 0 aromatic rings. The summed E-state index contributed by atoms with van der Waals surface area (Å²) < 4.78 is 17.0. The van der Waals surface area contributed by atoms with E-state index in [0.717, 1.165) is 0 Å². The van der Waals surface area contributed by atoms with Crippen molar-refractivity contribution in [2.24, 2.45) is 0 Å². The number of aliphatic hydroxyl groups is 1. The zero-order valence-electron chi connectivity index (χ0n) is 7.25. The van der Waals surface area contributed by atoms with Crippen molar-refractivity contribution in [3.05, 3.63) is 0 Å². The third-order valence-corrected chi connectivity index (χ3v) is 1.40. The molecule has 0 aliphatic heterocycles. The van der Waals surface area contributed by atoms with Crippen LogP contribution < -0.4 is 0 Å². The van der Waals surface area contributed by atoms with Gasteiger partial charge in [-0.25, -0.2) is 4.39 Å². The summed E-state index contributed by atoms with van der Waals surface area (Å²) >= 11 is 0. The van der Waals surface area contributed by atoms with Crippen molar-refractivity contribution in [3.8, 4) is 0 Å². The number of esters is 1. The number of hydrogen-bond donors (Lipinski definition) is 1. The molecule has 72 valence electrons. The van der Waals surface area contributed by atoms with Crippen molar-refractivity contribution < 1.29 is 19.0 Å². The Morgan fingerprint density at radius 1 is 1.67 bits per heavy atom. The molecule has 0 saturated heterocycles. The zero-order valence-corrected chi connectivity index (χ0v) is 7.25. The topological polar surface area (TPSA) is 46.5 Å². The lowest BCUT2D eigenvalue weighted by Gasteiger charge is -2.03. The van der Waals surface area contributed by atoms with Gasteiger partial charge < -0.3 is 9.84 Å². The monoisotopic (exact) mass is 178 g/mol. The number of ether oxygens (including phenoxy) is 1. The first kappa shape index (κ1) is 11.4. The van der Waals surface area contributed by atoms with Crippen LogP contribution in [0.3, 0.4) is 0 Å². The van der Waals surface area contributed by atoms with Crippen LogP contribution >= 0.6 is 0 Å². The molecular weight excluding hydrogens is 163 g/mol. The summed E-state index contributed by atoms with van der Waals surface area (Å²) in [4.78, 5) is 10.7. The Balaban J connectivity index is 3.24. The first-order chi connectivity index (χ1) is 5.70. The minimum absolute atomic E-state index is 0.218. The number of alkyl halides is 1. The molecule has 1 N–H and O–H groups in total. The van der Waals surface area contributed by atoms with E-state index < -0.39 is 12.8 Å². The minimum Gasteiger partial charge on any atom is -0.466 e. The fourth-order valence-electron chi connectivity index (χ4n) is 0.792. The first-order valence-corrected chi connectivity index (χ1v) is 4.11. The lowest BCUT2D eigenvalue weighted by Crippen LogP contribution is -2.08. The van der Waals surface area contributed by atoms with E-state index in [4.69, 9.17) is 5.11 Å². The SMILES string of the molecule is CCOC(=O)CCC[C@@H](F)CO. The summed E-state index contributed by atoms with van der Waals surface area (Å²) in [7, 11) is 0. The molecule has 4 heteroatoms. The van der Waals surface area contributed by atoms with Crippen molar-refractivity contribution in [2.45, 2.75) is 32.4 Å². The van der Waals surface area contributed by atoms with E-state index in [1.807, 2.05) is 0 Å². The summed E-state index contributed by atoms with van der Waals surface area (Å²) in [5.74, 6) is -0.303. The van der Waals surface area contributed by atoms with Gasteiger partial charge in [-0.1, -0.05) is 0 Å². The summed E-state index contributed by atoms with van der Waals surface area (Å²) in [5.41, 5.74) is 0. The lowest BCUT2D eigenvalue weighted by molar-refractivity contribution is -0.143. The van der Waals surface area contributed by atoms with Gasteiger partial charge in [0.05, 0.1) is 13.2 Å². The fraction of sp³-hybridized carbons (Fsp3) is 0.875. The van der Waals surface area contributed by atoms with E-state index >= 15 is 0 Å². The average Bonchev–Trinajstić information content (AvgIpc) is 2.04. The van der Waals surface area contributed by atoms with Crippen LogP contribution in [0.2, 0.25) is 0 Å². The molecule has 0 aliphatic rings. The zero-order chi connectivity index (χ0) is 9.40. The standard InChI is InChI=1S/C8H15FO3/c1-2-12-8(11)5-3-4-7(9)6-10/h7,10H,2-6H2,1H3/t7-/m1/s1. The highest BCUT2D eigenvalue weighted by Crippen LogP contribution is 2.04. The molecular formula is C8H15FO3. The van der Waals surface area contributed by atoms with E-state index in [9.17, 15) is 9.18 Å². The Morgan fingerprint density at radius 3 is 2.83 bits per heavy atom. The average molecular weight is 178 g/mol. The molecule has 0 rings (SSSR count). The van der Waals surface area contributed by atoms with Crippen molar-refractivity contribution in [3.63, 3.8) is 0 Å². The predicted molar refractivity (Wildman–Crippen MR) is 42.5 cm³/mol. The second-order valence-electron chi connectivity index (χ2n) is 2.48. The van der Waals surface area contributed by atoms with Gasteiger partial charge in [0.2, 0.25) is 0 Å². The Bertz CT molecular complexity index is 127. The molecule has 0 amide bonds. The molecule has 0 aliphatic carbocycles. The molecule has 0 aromatic carbocycles. The summed E-state index contributed by atoms with van der Waals surface area (Å²) in [6.07, 6.45) is -0.330.